The summed E-state index contributed by atoms with van der Waals surface area (Å²) < 4.78 is 0. The molecule has 0 bridgehead atoms. The monoisotopic (exact) mass is 425 g/mol. The van der Waals surface area contributed by atoms with Crippen molar-refractivity contribution in [3.05, 3.63) is 53.1 Å². The topological polar surface area (TPSA) is 95.0 Å². The Balaban J connectivity index is 1.74. The molecular weight excluding hydrogens is 402 g/mol. The SMILES string of the molecule is CCc1nccc(-c2c(-c3ccc(Cl)cc3)n[nH]c2C2CCN(C(=O)CO)CC2)n1. The van der Waals surface area contributed by atoms with E-state index in [1.807, 2.05) is 37.3 Å². The second-order valence-corrected chi connectivity index (χ2v) is 7.83. The molecule has 2 aromatic heterocycles. The van der Waals surface area contributed by atoms with E-state index in [9.17, 15) is 4.79 Å². The van der Waals surface area contributed by atoms with Gasteiger partial charge < -0.3 is 10.0 Å². The second kappa shape index (κ2) is 8.93. The molecule has 2 N–H and O–H groups in total. The average molecular weight is 426 g/mol. The Kier molecular flexibility index (Phi) is 6.11. The van der Waals surface area contributed by atoms with Gasteiger partial charge in [0.15, 0.2) is 0 Å². The number of hydrogen-bond acceptors (Lipinski definition) is 5. The molecule has 1 aliphatic rings. The van der Waals surface area contributed by atoms with Crippen molar-refractivity contribution in [2.75, 3.05) is 19.7 Å². The highest BCUT2D eigenvalue weighted by Gasteiger charge is 2.29. The predicted molar refractivity (Wildman–Crippen MR) is 115 cm³/mol. The molecule has 0 aliphatic carbocycles. The minimum Gasteiger partial charge on any atom is -0.387 e. The highest BCUT2D eigenvalue weighted by molar-refractivity contribution is 6.30. The van der Waals surface area contributed by atoms with E-state index >= 15 is 0 Å². The van der Waals surface area contributed by atoms with Gasteiger partial charge in [-0.25, -0.2) is 9.97 Å². The summed E-state index contributed by atoms with van der Waals surface area (Å²) in [5.74, 6) is 0.782. The number of carbonyl (C=O) groups is 1. The van der Waals surface area contributed by atoms with Crippen LogP contribution in [-0.2, 0) is 11.2 Å². The molecule has 1 aromatic carbocycles. The van der Waals surface area contributed by atoms with Gasteiger partial charge in [0.25, 0.3) is 0 Å². The van der Waals surface area contributed by atoms with Crippen LogP contribution in [0.25, 0.3) is 22.5 Å². The molecule has 3 heterocycles. The number of aliphatic hydroxyl groups excluding tert-OH is 1. The first-order valence-electron chi connectivity index (χ1n) is 10.2. The Bertz CT molecular complexity index is 1030. The highest BCUT2D eigenvalue weighted by atomic mass is 35.5. The van der Waals surface area contributed by atoms with Crippen molar-refractivity contribution in [2.45, 2.75) is 32.1 Å². The van der Waals surface area contributed by atoms with Crippen LogP contribution < -0.4 is 0 Å². The quantitative estimate of drug-likeness (QED) is 0.652. The summed E-state index contributed by atoms with van der Waals surface area (Å²) in [7, 11) is 0. The summed E-state index contributed by atoms with van der Waals surface area (Å²) in [4.78, 5) is 22.6. The molecular formula is C22H24ClN5O2. The van der Waals surface area contributed by atoms with E-state index in [-0.39, 0.29) is 11.8 Å². The molecule has 1 fully saturated rings. The molecule has 1 saturated heterocycles. The summed E-state index contributed by atoms with van der Waals surface area (Å²) in [6, 6.07) is 9.53. The normalized spacial score (nSPS) is 14.8. The summed E-state index contributed by atoms with van der Waals surface area (Å²) in [6.45, 7) is 2.82. The summed E-state index contributed by atoms with van der Waals surface area (Å²) >= 11 is 6.07. The maximum atomic E-state index is 11.8. The molecule has 156 valence electrons. The lowest BCUT2D eigenvalue weighted by Crippen LogP contribution is -2.39. The van der Waals surface area contributed by atoms with Crippen molar-refractivity contribution >= 4 is 17.5 Å². The van der Waals surface area contributed by atoms with E-state index in [1.54, 1.807) is 11.1 Å². The van der Waals surface area contributed by atoms with Gasteiger partial charge >= 0.3 is 0 Å². The molecule has 4 rings (SSSR count). The maximum absolute atomic E-state index is 11.8. The van der Waals surface area contributed by atoms with E-state index in [2.05, 4.69) is 15.2 Å². The van der Waals surface area contributed by atoms with E-state index in [1.165, 1.54) is 0 Å². The first-order valence-corrected chi connectivity index (χ1v) is 10.5. The van der Waals surface area contributed by atoms with Gasteiger partial charge in [0.05, 0.1) is 5.69 Å². The Morgan fingerprint density at radius 2 is 1.97 bits per heavy atom. The van der Waals surface area contributed by atoms with Gasteiger partial charge in [0.1, 0.15) is 18.1 Å². The summed E-state index contributed by atoms with van der Waals surface area (Å²) in [6.07, 6.45) is 4.13. The van der Waals surface area contributed by atoms with Crippen LogP contribution >= 0.6 is 11.6 Å². The number of benzene rings is 1. The number of aliphatic hydroxyl groups is 1. The number of amides is 1. The fourth-order valence-electron chi connectivity index (χ4n) is 3.95. The lowest BCUT2D eigenvalue weighted by molar-refractivity contribution is -0.135. The van der Waals surface area contributed by atoms with Crippen LogP contribution in [-0.4, -0.2) is 55.8 Å². The lowest BCUT2D eigenvalue weighted by atomic mass is 9.88. The molecule has 1 amide bonds. The highest BCUT2D eigenvalue weighted by Crippen LogP contribution is 2.39. The summed E-state index contributed by atoms with van der Waals surface area (Å²) in [5, 5.41) is 17.7. The van der Waals surface area contributed by atoms with E-state index < -0.39 is 6.61 Å². The molecule has 0 atom stereocenters. The number of H-pyrrole nitrogens is 1. The molecule has 0 saturated carbocycles. The average Bonchev–Trinajstić information content (AvgIpc) is 3.24. The number of rotatable bonds is 5. The van der Waals surface area contributed by atoms with Crippen LogP contribution in [0.1, 0.15) is 37.2 Å². The third-order valence-corrected chi connectivity index (χ3v) is 5.83. The Labute approximate surface area is 180 Å². The first kappa shape index (κ1) is 20.5. The van der Waals surface area contributed by atoms with Gasteiger partial charge in [0.2, 0.25) is 5.91 Å². The largest absolute Gasteiger partial charge is 0.387 e. The lowest BCUT2D eigenvalue weighted by Gasteiger charge is -2.31. The number of carbonyl (C=O) groups excluding carboxylic acids is 1. The number of nitrogens with one attached hydrogen (secondary N) is 1. The number of piperidine rings is 1. The first-order chi connectivity index (χ1) is 14.6. The third kappa shape index (κ3) is 4.08. The number of aryl methyl sites for hydroxylation is 1. The van der Waals surface area contributed by atoms with Crippen LogP contribution in [0.5, 0.6) is 0 Å². The van der Waals surface area contributed by atoms with E-state index in [4.69, 9.17) is 21.7 Å². The van der Waals surface area contributed by atoms with Gasteiger partial charge in [-0.3, -0.25) is 9.89 Å². The Morgan fingerprint density at radius 3 is 2.63 bits per heavy atom. The fourth-order valence-corrected chi connectivity index (χ4v) is 4.08. The van der Waals surface area contributed by atoms with Crippen LogP contribution in [0.3, 0.4) is 0 Å². The van der Waals surface area contributed by atoms with Crippen LogP contribution in [0, 0.1) is 0 Å². The van der Waals surface area contributed by atoms with Crippen molar-refractivity contribution in [3.63, 3.8) is 0 Å². The van der Waals surface area contributed by atoms with Gasteiger partial charge in [0, 0.05) is 53.5 Å². The Hall–Kier alpha value is -2.77. The van der Waals surface area contributed by atoms with Gasteiger partial charge in [-0.05, 0) is 31.0 Å². The van der Waals surface area contributed by atoms with Crippen molar-refractivity contribution in [2.24, 2.45) is 0 Å². The van der Waals surface area contributed by atoms with Crippen molar-refractivity contribution < 1.29 is 9.90 Å². The Morgan fingerprint density at radius 1 is 1.23 bits per heavy atom. The zero-order valence-corrected chi connectivity index (χ0v) is 17.6. The predicted octanol–water partition coefficient (Wildman–Crippen LogP) is 3.45. The zero-order valence-electron chi connectivity index (χ0n) is 16.8. The van der Waals surface area contributed by atoms with Gasteiger partial charge in [-0.1, -0.05) is 30.7 Å². The molecule has 8 heteroatoms. The number of likely N-dealkylation sites (tertiary alicyclic amines) is 1. The molecule has 1 aliphatic heterocycles. The van der Waals surface area contributed by atoms with Crippen LogP contribution in [0.15, 0.2) is 36.5 Å². The molecule has 30 heavy (non-hydrogen) atoms. The molecule has 3 aromatic rings. The van der Waals surface area contributed by atoms with E-state index in [0.29, 0.717) is 18.1 Å². The maximum Gasteiger partial charge on any atom is 0.248 e. The number of nitrogens with zero attached hydrogens (tertiary/aromatic N) is 4. The van der Waals surface area contributed by atoms with Crippen molar-refractivity contribution in [1.82, 2.24) is 25.1 Å². The minimum atomic E-state index is -0.443. The zero-order chi connectivity index (χ0) is 21.1. The summed E-state index contributed by atoms with van der Waals surface area (Å²) in [5.41, 5.74) is 4.63. The smallest absolute Gasteiger partial charge is 0.248 e. The number of hydrogen-bond donors (Lipinski definition) is 2. The third-order valence-electron chi connectivity index (χ3n) is 5.58. The number of aromatic amines is 1. The standard InChI is InChI=1S/C22H24ClN5O2/c1-2-18-24-10-7-17(25-18)20-21(14-3-5-16(23)6-4-14)26-27-22(20)15-8-11-28(12-9-15)19(30)13-29/h3-7,10,15,29H,2,8-9,11-13H2,1H3,(H,26,27). The molecule has 0 unspecified atom stereocenters. The van der Waals surface area contributed by atoms with Gasteiger partial charge in [-0.15, -0.1) is 0 Å². The number of halogens is 1. The molecule has 0 spiro atoms. The molecule has 7 nitrogen and oxygen atoms in total. The molecule has 0 radical (unpaired) electrons. The van der Waals surface area contributed by atoms with Crippen LogP contribution in [0.2, 0.25) is 5.02 Å². The van der Waals surface area contributed by atoms with Gasteiger partial charge in [-0.2, -0.15) is 5.10 Å². The van der Waals surface area contributed by atoms with Crippen LogP contribution in [0.4, 0.5) is 0 Å². The van der Waals surface area contributed by atoms with Crippen molar-refractivity contribution in [1.29, 1.82) is 0 Å². The number of aromatic nitrogens is 4. The van der Waals surface area contributed by atoms with Crippen molar-refractivity contribution in [3.8, 4) is 22.5 Å². The second-order valence-electron chi connectivity index (χ2n) is 7.39. The fraction of sp³-hybridized carbons (Fsp3) is 0.364. The van der Waals surface area contributed by atoms with E-state index in [0.717, 1.165) is 53.3 Å². The minimum absolute atomic E-state index is 0.219.